The number of ether oxygens (including phenoxy) is 1. The summed E-state index contributed by atoms with van der Waals surface area (Å²) in [5, 5.41) is 0. The first kappa shape index (κ1) is 14.8. The van der Waals surface area contributed by atoms with E-state index in [2.05, 4.69) is 13.8 Å². The van der Waals surface area contributed by atoms with E-state index in [9.17, 15) is 9.59 Å². The monoisotopic (exact) mass is 274 g/mol. The van der Waals surface area contributed by atoms with Gasteiger partial charge in [-0.25, -0.2) is 0 Å². The number of carbonyl (C=O) groups is 2. The van der Waals surface area contributed by atoms with Crippen molar-refractivity contribution in [3.05, 3.63) is 34.6 Å². The number of rotatable bonds is 2. The summed E-state index contributed by atoms with van der Waals surface area (Å²) < 4.78 is 6.14. The van der Waals surface area contributed by atoms with E-state index in [1.54, 1.807) is 13.0 Å². The molecule has 108 valence electrons. The average molecular weight is 274 g/mol. The zero-order valence-electron chi connectivity index (χ0n) is 12.7. The van der Waals surface area contributed by atoms with E-state index < -0.39 is 5.78 Å². The van der Waals surface area contributed by atoms with Gasteiger partial charge in [-0.2, -0.15) is 0 Å². The van der Waals surface area contributed by atoms with Crippen LogP contribution in [0.25, 0.3) is 0 Å². The van der Waals surface area contributed by atoms with Gasteiger partial charge < -0.3 is 4.74 Å². The molecule has 1 aliphatic carbocycles. The van der Waals surface area contributed by atoms with Crippen molar-refractivity contribution in [2.24, 2.45) is 0 Å². The number of allylic oxidation sites excluding steroid dienone is 4. The van der Waals surface area contributed by atoms with Crippen molar-refractivity contribution < 1.29 is 14.3 Å². The third-order valence-corrected chi connectivity index (χ3v) is 4.23. The molecule has 1 aliphatic heterocycles. The summed E-state index contributed by atoms with van der Waals surface area (Å²) >= 11 is 0. The standard InChI is InChI=1S/C17H22O3/c1-5-8-12-11(6-2)14(18)15(19)13-9-10-17(4,7-3)20-16(12)13/h6,8H,5,7,9-10H2,1-4H3/b11-6+,12-8+. The fourth-order valence-electron chi connectivity index (χ4n) is 2.74. The molecule has 2 aliphatic rings. The number of ketones is 2. The van der Waals surface area contributed by atoms with Crippen molar-refractivity contribution in [3.8, 4) is 0 Å². The van der Waals surface area contributed by atoms with E-state index in [0.29, 0.717) is 23.3 Å². The van der Waals surface area contributed by atoms with Gasteiger partial charge in [-0.15, -0.1) is 0 Å². The zero-order chi connectivity index (χ0) is 14.9. The SMILES string of the molecule is C/C=C1/C(=O)C(=O)C2=C(OC(C)(CC)CC2)/C1=C/CC. The Hall–Kier alpha value is -1.64. The van der Waals surface area contributed by atoms with E-state index >= 15 is 0 Å². The Balaban J connectivity index is 2.59. The van der Waals surface area contributed by atoms with Gasteiger partial charge in [-0.3, -0.25) is 9.59 Å². The van der Waals surface area contributed by atoms with E-state index in [0.717, 1.165) is 24.8 Å². The predicted molar refractivity (Wildman–Crippen MR) is 78.2 cm³/mol. The van der Waals surface area contributed by atoms with Crippen LogP contribution in [0.1, 0.15) is 53.4 Å². The Morgan fingerprint density at radius 3 is 2.45 bits per heavy atom. The molecule has 0 fully saturated rings. The minimum Gasteiger partial charge on any atom is -0.486 e. The van der Waals surface area contributed by atoms with Gasteiger partial charge in [0, 0.05) is 16.7 Å². The first-order valence-electron chi connectivity index (χ1n) is 7.35. The molecule has 0 spiro atoms. The molecule has 0 bridgehead atoms. The number of carbonyl (C=O) groups excluding carboxylic acids is 2. The lowest BCUT2D eigenvalue weighted by Gasteiger charge is -2.38. The van der Waals surface area contributed by atoms with Crippen LogP contribution in [0.15, 0.2) is 34.6 Å². The summed E-state index contributed by atoms with van der Waals surface area (Å²) in [5.74, 6) is -0.144. The highest BCUT2D eigenvalue weighted by Gasteiger charge is 2.42. The average Bonchev–Trinajstić information content (AvgIpc) is 2.45. The summed E-state index contributed by atoms with van der Waals surface area (Å²) in [7, 11) is 0. The van der Waals surface area contributed by atoms with Gasteiger partial charge >= 0.3 is 0 Å². The smallest absolute Gasteiger partial charge is 0.233 e. The van der Waals surface area contributed by atoms with Gasteiger partial charge in [0.2, 0.25) is 11.6 Å². The molecule has 2 rings (SSSR count). The number of hydrogen-bond donors (Lipinski definition) is 0. The van der Waals surface area contributed by atoms with Crippen LogP contribution in [-0.4, -0.2) is 17.2 Å². The van der Waals surface area contributed by atoms with Crippen LogP contribution in [0.2, 0.25) is 0 Å². The van der Waals surface area contributed by atoms with Gasteiger partial charge in [-0.1, -0.05) is 26.0 Å². The first-order chi connectivity index (χ1) is 9.47. The molecule has 0 saturated heterocycles. The lowest BCUT2D eigenvalue weighted by molar-refractivity contribution is -0.133. The molecule has 0 saturated carbocycles. The fraction of sp³-hybridized carbons (Fsp3) is 0.529. The highest BCUT2D eigenvalue weighted by atomic mass is 16.5. The highest BCUT2D eigenvalue weighted by molar-refractivity contribution is 6.51. The van der Waals surface area contributed by atoms with Crippen LogP contribution in [0.5, 0.6) is 0 Å². The Morgan fingerprint density at radius 2 is 1.90 bits per heavy atom. The molecular weight excluding hydrogens is 252 g/mol. The maximum Gasteiger partial charge on any atom is 0.233 e. The molecule has 0 aromatic rings. The van der Waals surface area contributed by atoms with Crippen LogP contribution < -0.4 is 0 Å². The van der Waals surface area contributed by atoms with E-state index in [-0.39, 0.29) is 11.4 Å². The maximum atomic E-state index is 12.2. The Kier molecular flexibility index (Phi) is 3.98. The summed E-state index contributed by atoms with van der Waals surface area (Å²) in [6.07, 6.45) is 6.80. The Bertz CT molecular complexity index is 549. The molecule has 1 heterocycles. The molecule has 0 amide bonds. The van der Waals surface area contributed by atoms with Crippen LogP contribution in [-0.2, 0) is 14.3 Å². The molecule has 1 unspecified atom stereocenters. The van der Waals surface area contributed by atoms with Crippen molar-refractivity contribution in [2.75, 3.05) is 0 Å². The van der Waals surface area contributed by atoms with Crippen molar-refractivity contribution in [3.63, 3.8) is 0 Å². The first-order valence-corrected chi connectivity index (χ1v) is 7.35. The van der Waals surface area contributed by atoms with Crippen LogP contribution in [0, 0.1) is 0 Å². The second-order valence-electron chi connectivity index (χ2n) is 5.60. The van der Waals surface area contributed by atoms with Crippen molar-refractivity contribution >= 4 is 11.6 Å². The van der Waals surface area contributed by atoms with E-state index in [4.69, 9.17) is 4.74 Å². The Labute approximate surface area is 120 Å². The lowest BCUT2D eigenvalue weighted by atomic mass is 9.79. The number of hydrogen-bond acceptors (Lipinski definition) is 3. The van der Waals surface area contributed by atoms with Crippen molar-refractivity contribution in [1.82, 2.24) is 0 Å². The van der Waals surface area contributed by atoms with E-state index in [1.807, 2.05) is 13.0 Å². The normalized spacial score (nSPS) is 30.8. The molecule has 0 radical (unpaired) electrons. The summed E-state index contributed by atoms with van der Waals surface area (Å²) in [6, 6.07) is 0. The molecule has 0 N–H and O–H groups in total. The second kappa shape index (κ2) is 5.39. The summed E-state index contributed by atoms with van der Waals surface area (Å²) in [5.41, 5.74) is 1.60. The van der Waals surface area contributed by atoms with Gasteiger partial charge in [0.15, 0.2) is 0 Å². The van der Waals surface area contributed by atoms with Crippen molar-refractivity contribution in [1.29, 1.82) is 0 Å². The minimum atomic E-state index is -0.394. The molecule has 1 atom stereocenters. The maximum absolute atomic E-state index is 12.2. The van der Waals surface area contributed by atoms with Crippen molar-refractivity contribution in [2.45, 2.75) is 59.0 Å². The predicted octanol–water partition coefficient (Wildman–Crippen LogP) is 3.65. The molecule has 0 aromatic carbocycles. The van der Waals surface area contributed by atoms with Crippen LogP contribution in [0.4, 0.5) is 0 Å². The third kappa shape index (κ3) is 2.26. The fourth-order valence-corrected chi connectivity index (χ4v) is 2.74. The topological polar surface area (TPSA) is 43.4 Å². The molecule has 3 nitrogen and oxygen atoms in total. The van der Waals surface area contributed by atoms with Gasteiger partial charge in [0.25, 0.3) is 0 Å². The largest absolute Gasteiger partial charge is 0.486 e. The molecule has 20 heavy (non-hydrogen) atoms. The quantitative estimate of drug-likeness (QED) is 0.570. The molecule has 0 aromatic heterocycles. The highest BCUT2D eigenvalue weighted by Crippen LogP contribution is 2.42. The van der Waals surface area contributed by atoms with Gasteiger partial charge in [-0.05, 0) is 39.5 Å². The van der Waals surface area contributed by atoms with E-state index in [1.165, 1.54) is 0 Å². The zero-order valence-corrected chi connectivity index (χ0v) is 12.7. The van der Waals surface area contributed by atoms with Crippen LogP contribution in [0.3, 0.4) is 0 Å². The van der Waals surface area contributed by atoms with Gasteiger partial charge in [0.05, 0.1) is 0 Å². The van der Waals surface area contributed by atoms with Crippen LogP contribution >= 0.6 is 0 Å². The number of Topliss-reactive ketones (excluding diaryl/α,β-unsaturated/α-hetero) is 2. The summed E-state index contributed by atoms with van der Waals surface area (Å²) in [4.78, 5) is 24.4. The molecule has 3 heteroatoms. The lowest BCUT2D eigenvalue weighted by Crippen LogP contribution is -2.38. The van der Waals surface area contributed by atoms with Gasteiger partial charge in [0.1, 0.15) is 11.4 Å². The third-order valence-electron chi connectivity index (χ3n) is 4.23. The molecular formula is C17H22O3. The second-order valence-corrected chi connectivity index (χ2v) is 5.60. The Morgan fingerprint density at radius 1 is 1.20 bits per heavy atom. The minimum absolute atomic E-state index is 0.245. The summed E-state index contributed by atoms with van der Waals surface area (Å²) in [6.45, 7) is 7.96.